The molecule has 0 aromatic heterocycles. The molecule has 3 N–H and O–H groups in total. The van der Waals surface area contributed by atoms with E-state index in [1.165, 1.54) is 12.8 Å². The van der Waals surface area contributed by atoms with E-state index >= 15 is 0 Å². The van der Waals surface area contributed by atoms with Crippen LogP contribution < -0.4 is 20.5 Å². The Kier molecular flexibility index (Phi) is 5.03. The number of nitrogens with one attached hydrogen (secondary N) is 1. The molecule has 0 heterocycles. The van der Waals surface area contributed by atoms with Crippen LogP contribution in [0.25, 0.3) is 0 Å². The standard InChI is InChI=1S/C15H20N2O4/c1-20-12-7-6-10(9-17-15(19)14(16)18)8-13(12)21-11-4-2-3-5-11/h6-8,11H,2-5,9H2,1H3,(H2,16,18)(H,17,19). The van der Waals surface area contributed by atoms with Gasteiger partial charge in [0.15, 0.2) is 11.5 Å². The number of methoxy groups -OCH3 is 1. The monoisotopic (exact) mass is 292 g/mol. The highest BCUT2D eigenvalue weighted by Crippen LogP contribution is 2.32. The first kappa shape index (κ1) is 15.2. The fourth-order valence-corrected chi connectivity index (χ4v) is 2.38. The Bertz CT molecular complexity index is 524. The van der Waals surface area contributed by atoms with Crippen molar-refractivity contribution in [2.75, 3.05) is 7.11 Å². The van der Waals surface area contributed by atoms with Gasteiger partial charge in [-0.3, -0.25) is 9.59 Å². The predicted octanol–water partition coefficient (Wildman–Crippen LogP) is 1.12. The number of benzene rings is 1. The van der Waals surface area contributed by atoms with Gasteiger partial charge in [-0.2, -0.15) is 0 Å². The summed E-state index contributed by atoms with van der Waals surface area (Å²) in [6.07, 6.45) is 4.68. The SMILES string of the molecule is COc1ccc(CNC(=O)C(N)=O)cc1OC1CCCC1. The van der Waals surface area contributed by atoms with Crippen LogP contribution in [0.15, 0.2) is 18.2 Å². The van der Waals surface area contributed by atoms with Crippen molar-refractivity contribution in [3.63, 3.8) is 0 Å². The second-order valence-corrected chi connectivity index (χ2v) is 5.06. The number of hydrogen-bond donors (Lipinski definition) is 2. The molecule has 0 radical (unpaired) electrons. The molecule has 2 rings (SSSR count). The smallest absolute Gasteiger partial charge is 0.309 e. The predicted molar refractivity (Wildman–Crippen MR) is 76.9 cm³/mol. The van der Waals surface area contributed by atoms with E-state index < -0.39 is 11.8 Å². The first-order valence-corrected chi connectivity index (χ1v) is 7.01. The Labute approximate surface area is 123 Å². The minimum absolute atomic E-state index is 0.215. The lowest BCUT2D eigenvalue weighted by atomic mass is 10.2. The van der Waals surface area contributed by atoms with Crippen molar-refractivity contribution in [3.05, 3.63) is 23.8 Å². The lowest BCUT2D eigenvalue weighted by Crippen LogP contribution is -2.35. The number of primary amides is 1. The minimum atomic E-state index is -0.994. The third-order valence-electron chi connectivity index (χ3n) is 3.50. The molecule has 1 aromatic carbocycles. The Morgan fingerprint density at radius 2 is 2.00 bits per heavy atom. The van der Waals surface area contributed by atoms with E-state index in [1.54, 1.807) is 13.2 Å². The Morgan fingerprint density at radius 3 is 2.62 bits per heavy atom. The fourth-order valence-electron chi connectivity index (χ4n) is 2.38. The maximum atomic E-state index is 11.2. The molecule has 1 fully saturated rings. The molecule has 2 amide bonds. The molecule has 114 valence electrons. The average molecular weight is 292 g/mol. The molecule has 0 spiro atoms. The van der Waals surface area contributed by atoms with Crippen molar-refractivity contribution >= 4 is 11.8 Å². The quantitative estimate of drug-likeness (QED) is 0.796. The number of amides is 2. The van der Waals surface area contributed by atoms with Gasteiger partial charge in [0.2, 0.25) is 0 Å². The molecule has 0 bridgehead atoms. The number of hydrogen-bond acceptors (Lipinski definition) is 4. The van der Waals surface area contributed by atoms with Gasteiger partial charge in [0.05, 0.1) is 13.2 Å². The lowest BCUT2D eigenvalue weighted by Gasteiger charge is -2.17. The van der Waals surface area contributed by atoms with E-state index in [4.69, 9.17) is 15.2 Å². The second-order valence-electron chi connectivity index (χ2n) is 5.06. The molecular weight excluding hydrogens is 272 g/mol. The van der Waals surface area contributed by atoms with Crippen LogP contribution >= 0.6 is 0 Å². The van der Waals surface area contributed by atoms with Gasteiger partial charge in [-0.05, 0) is 43.4 Å². The molecule has 0 saturated heterocycles. The van der Waals surface area contributed by atoms with Gasteiger partial charge in [-0.15, -0.1) is 0 Å². The molecule has 0 atom stereocenters. The molecule has 6 heteroatoms. The molecule has 21 heavy (non-hydrogen) atoms. The normalized spacial score (nSPS) is 14.7. The van der Waals surface area contributed by atoms with Crippen LogP contribution in [-0.4, -0.2) is 25.0 Å². The van der Waals surface area contributed by atoms with E-state index in [1.807, 2.05) is 12.1 Å². The highest BCUT2D eigenvalue weighted by atomic mass is 16.5. The lowest BCUT2D eigenvalue weighted by molar-refractivity contribution is -0.137. The highest BCUT2D eigenvalue weighted by molar-refractivity contribution is 6.34. The summed E-state index contributed by atoms with van der Waals surface area (Å²) in [6.45, 7) is 0.215. The van der Waals surface area contributed by atoms with Crippen molar-refractivity contribution in [2.24, 2.45) is 5.73 Å². The number of ether oxygens (including phenoxy) is 2. The number of carbonyl (C=O) groups is 2. The summed E-state index contributed by atoms with van der Waals surface area (Å²) < 4.78 is 11.3. The molecule has 0 aliphatic heterocycles. The topological polar surface area (TPSA) is 90.6 Å². The molecule has 6 nitrogen and oxygen atoms in total. The second kappa shape index (κ2) is 6.97. The maximum absolute atomic E-state index is 11.2. The molecular formula is C15H20N2O4. The minimum Gasteiger partial charge on any atom is -0.493 e. The number of carbonyl (C=O) groups excluding carboxylic acids is 2. The Morgan fingerprint density at radius 1 is 1.29 bits per heavy atom. The summed E-state index contributed by atoms with van der Waals surface area (Å²) in [7, 11) is 1.59. The van der Waals surface area contributed by atoms with Crippen molar-refractivity contribution < 1.29 is 19.1 Å². The van der Waals surface area contributed by atoms with Crippen LogP contribution in [0.5, 0.6) is 11.5 Å². The van der Waals surface area contributed by atoms with E-state index in [0.29, 0.717) is 11.5 Å². The van der Waals surface area contributed by atoms with Crippen LogP contribution in [0.4, 0.5) is 0 Å². The van der Waals surface area contributed by atoms with Crippen LogP contribution in [0.3, 0.4) is 0 Å². The number of rotatable bonds is 5. The van der Waals surface area contributed by atoms with Gasteiger partial charge < -0.3 is 20.5 Å². The van der Waals surface area contributed by atoms with E-state index in [9.17, 15) is 9.59 Å². The van der Waals surface area contributed by atoms with Crippen molar-refractivity contribution in [2.45, 2.75) is 38.3 Å². The Balaban J connectivity index is 2.05. The maximum Gasteiger partial charge on any atom is 0.309 e. The fraction of sp³-hybridized carbons (Fsp3) is 0.467. The molecule has 1 saturated carbocycles. The third kappa shape index (κ3) is 4.11. The van der Waals surface area contributed by atoms with Gasteiger partial charge in [0, 0.05) is 6.54 Å². The summed E-state index contributed by atoms with van der Waals surface area (Å²) in [4.78, 5) is 21.8. The molecule has 0 unspecified atom stereocenters. The van der Waals surface area contributed by atoms with Crippen molar-refractivity contribution in [1.29, 1.82) is 0 Å². The van der Waals surface area contributed by atoms with Gasteiger partial charge in [0.25, 0.3) is 0 Å². The summed E-state index contributed by atoms with van der Waals surface area (Å²) in [5.41, 5.74) is 5.71. The molecule has 1 aromatic rings. The zero-order chi connectivity index (χ0) is 15.2. The van der Waals surface area contributed by atoms with E-state index in [0.717, 1.165) is 18.4 Å². The van der Waals surface area contributed by atoms with Crippen molar-refractivity contribution in [1.82, 2.24) is 5.32 Å². The van der Waals surface area contributed by atoms with Gasteiger partial charge in [0.1, 0.15) is 0 Å². The summed E-state index contributed by atoms with van der Waals surface area (Å²) >= 11 is 0. The van der Waals surface area contributed by atoms with Gasteiger partial charge in [-0.25, -0.2) is 0 Å². The first-order valence-electron chi connectivity index (χ1n) is 7.01. The average Bonchev–Trinajstić information content (AvgIpc) is 2.97. The Hall–Kier alpha value is -2.24. The van der Waals surface area contributed by atoms with Crippen LogP contribution in [0, 0.1) is 0 Å². The van der Waals surface area contributed by atoms with E-state index in [2.05, 4.69) is 5.32 Å². The summed E-state index contributed by atoms with van der Waals surface area (Å²) in [5.74, 6) is -0.475. The van der Waals surface area contributed by atoms with Crippen LogP contribution in [0.2, 0.25) is 0 Å². The highest BCUT2D eigenvalue weighted by Gasteiger charge is 2.18. The molecule has 1 aliphatic carbocycles. The van der Waals surface area contributed by atoms with Crippen LogP contribution in [-0.2, 0) is 16.1 Å². The summed E-state index contributed by atoms with van der Waals surface area (Å²) in [6, 6.07) is 5.41. The largest absolute Gasteiger partial charge is 0.493 e. The first-order chi connectivity index (χ1) is 10.1. The van der Waals surface area contributed by atoms with E-state index in [-0.39, 0.29) is 12.6 Å². The summed E-state index contributed by atoms with van der Waals surface area (Å²) in [5, 5.41) is 2.45. The molecule has 1 aliphatic rings. The van der Waals surface area contributed by atoms with Crippen LogP contribution in [0.1, 0.15) is 31.2 Å². The van der Waals surface area contributed by atoms with Crippen molar-refractivity contribution in [3.8, 4) is 11.5 Å². The number of nitrogens with two attached hydrogens (primary N) is 1. The third-order valence-corrected chi connectivity index (χ3v) is 3.50. The van der Waals surface area contributed by atoms with Gasteiger partial charge in [-0.1, -0.05) is 6.07 Å². The van der Waals surface area contributed by atoms with Gasteiger partial charge >= 0.3 is 11.8 Å². The zero-order valence-corrected chi connectivity index (χ0v) is 12.1. The zero-order valence-electron chi connectivity index (χ0n) is 12.1.